The largest absolute Gasteiger partial charge is 0.393 e. The number of amides is 2. The van der Waals surface area contributed by atoms with Crippen molar-refractivity contribution in [1.82, 2.24) is 34.6 Å². The van der Waals surface area contributed by atoms with Gasteiger partial charge in [0.25, 0.3) is 0 Å². The maximum atomic E-state index is 13.8. The third kappa shape index (κ3) is 5.30. The number of nitrogens with zero attached hydrogens (tertiary/aromatic N) is 7. The van der Waals surface area contributed by atoms with Crippen LogP contribution in [0.4, 0.5) is 5.82 Å². The molecular formula is C29H29BrN8O5. The Labute approximate surface area is 254 Å². The summed E-state index contributed by atoms with van der Waals surface area (Å²) in [5.41, 5.74) is 2.03. The number of anilines is 1. The lowest BCUT2D eigenvalue weighted by Gasteiger charge is -2.27. The lowest BCUT2D eigenvalue weighted by molar-refractivity contribution is -0.138. The monoisotopic (exact) mass is 648 g/mol. The predicted molar refractivity (Wildman–Crippen MR) is 158 cm³/mol. The summed E-state index contributed by atoms with van der Waals surface area (Å²) in [6.07, 6.45) is 4.87. The van der Waals surface area contributed by atoms with Crippen molar-refractivity contribution in [3.63, 3.8) is 0 Å². The van der Waals surface area contributed by atoms with E-state index in [1.807, 2.05) is 6.92 Å². The molecule has 0 aromatic carbocycles. The topological polar surface area (TPSA) is 176 Å². The van der Waals surface area contributed by atoms with Gasteiger partial charge in [-0.1, -0.05) is 6.92 Å². The Kier molecular flexibility index (Phi) is 7.30. The number of aliphatic hydroxyl groups is 2. The smallest absolute Gasteiger partial charge is 0.248 e. The summed E-state index contributed by atoms with van der Waals surface area (Å²) in [7, 11) is 0. The third-order valence-electron chi connectivity index (χ3n) is 8.22. The zero-order valence-electron chi connectivity index (χ0n) is 23.7. The average Bonchev–Trinajstić information content (AvgIpc) is 3.34. The Hall–Kier alpha value is -4.14. The van der Waals surface area contributed by atoms with Crippen LogP contribution >= 0.6 is 15.9 Å². The molecule has 1 aliphatic heterocycles. The Balaban J connectivity index is 1.28. The number of nitrogens with one attached hydrogen (secondary N) is 1. The Morgan fingerprint density at radius 2 is 1.91 bits per heavy atom. The molecule has 2 aliphatic rings. The van der Waals surface area contributed by atoms with Gasteiger partial charge in [-0.3, -0.25) is 24.0 Å². The number of likely N-dealkylation sites (tertiary alicyclic amines) is 1. The van der Waals surface area contributed by atoms with E-state index in [-0.39, 0.29) is 46.8 Å². The molecule has 14 heteroatoms. The molecule has 1 aliphatic carbocycles. The van der Waals surface area contributed by atoms with Crippen molar-refractivity contribution in [3.05, 3.63) is 58.5 Å². The first-order valence-corrected chi connectivity index (χ1v) is 14.5. The highest BCUT2D eigenvalue weighted by molar-refractivity contribution is 9.10. The Morgan fingerprint density at radius 3 is 2.60 bits per heavy atom. The Morgan fingerprint density at radius 1 is 1.16 bits per heavy atom. The zero-order chi connectivity index (χ0) is 30.6. The van der Waals surface area contributed by atoms with Crippen molar-refractivity contribution in [2.24, 2.45) is 5.41 Å². The molecule has 3 N–H and O–H groups in total. The molecule has 2 unspecified atom stereocenters. The van der Waals surface area contributed by atoms with E-state index in [0.717, 1.165) is 6.42 Å². The standard InChI is InChI=1S/C29H29BrN8O5/c1-14(40)26-18-6-19(16-9-31-15(2)32-10-16)33-11-21(18)37(36-26)12-25(42)38-20(7-29(3)8-23(29)38)28(43)35-27-17(22(41)13-39)4-5-24(30)34-27/h4-6,9-11,20,22-23,39,41H,7-8,12-13H2,1-3H3,(H,34,35,43)/t20-,22?,23?,29-/m0/s1. The first kappa shape index (κ1) is 29.0. The van der Waals surface area contributed by atoms with E-state index in [1.54, 1.807) is 48.6 Å². The molecule has 4 aromatic rings. The van der Waals surface area contributed by atoms with E-state index in [0.29, 0.717) is 39.0 Å². The van der Waals surface area contributed by atoms with Gasteiger partial charge in [-0.05, 0) is 59.3 Å². The van der Waals surface area contributed by atoms with Gasteiger partial charge in [-0.2, -0.15) is 5.10 Å². The van der Waals surface area contributed by atoms with Crippen LogP contribution in [0.5, 0.6) is 0 Å². The molecule has 0 spiro atoms. The summed E-state index contributed by atoms with van der Waals surface area (Å²) in [6.45, 7) is 4.50. The number of rotatable bonds is 8. The molecule has 0 bridgehead atoms. The lowest BCUT2D eigenvalue weighted by atomic mass is 10.0. The summed E-state index contributed by atoms with van der Waals surface area (Å²) in [5.74, 6) is -0.301. The van der Waals surface area contributed by atoms with Gasteiger partial charge in [0.1, 0.15) is 40.6 Å². The van der Waals surface area contributed by atoms with Gasteiger partial charge in [0.2, 0.25) is 11.8 Å². The SMILES string of the molecule is CC(=O)c1nn(CC(=O)N2C3C[C@]3(C)C[C@H]2C(=O)Nc2nc(Br)ccc2C(O)CO)c2cnc(-c3cnc(C)nc3)cc12. The molecule has 1 saturated carbocycles. The summed E-state index contributed by atoms with van der Waals surface area (Å²) >= 11 is 3.27. The van der Waals surface area contributed by atoms with Crippen LogP contribution in [-0.2, 0) is 16.1 Å². The average molecular weight is 650 g/mol. The van der Waals surface area contributed by atoms with Crippen LogP contribution in [0.15, 0.2) is 41.4 Å². The Bertz CT molecular complexity index is 1780. The molecule has 222 valence electrons. The number of Topliss-reactive ketones (excluding diaryl/α,β-unsaturated/α-hetero) is 1. The number of ketones is 1. The molecule has 2 amide bonds. The summed E-state index contributed by atoms with van der Waals surface area (Å²) in [5, 5.41) is 27.5. The summed E-state index contributed by atoms with van der Waals surface area (Å²) in [6, 6.07) is 4.00. The van der Waals surface area contributed by atoms with E-state index in [2.05, 4.69) is 46.3 Å². The molecule has 6 rings (SSSR count). The van der Waals surface area contributed by atoms with Crippen LogP contribution in [0.1, 0.15) is 54.7 Å². The number of aromatic nitrogens is 6. The highest BCUT2D eigenvalue weighted by Crippen LogP contribution is 2.59. The molecule has 5 heterocycles. The number of halogens is 1. The van der Waals surface area contributed by atoms with Crippen molar-refractivity contribution in [3.8, 4) is 11.3 Å². The molecule has 13 nitrogen and oxygen atoms in total. The van der Waals surface area contributed by atoms with Gasteiger partial charge in [0, 0.05) is 41.9 Å². The van der Waals surface area contributed by atoms with Gasteiger partial charge in [-0.25, -0.2) is 15.0 Å². The fraction of sp³-hybridized carbons (Fsp3) is 0.379. The van der Waals surface area contributed by atoms with Crippen LogP contribution in [0.3, 0.4) is 0 Å². The number of carbonyl (C=O) groups excluding carboxylic acids is 3. The van der Waals surface area contributed by atoms with Gasteiger partial charge in [-0.15, -0.1) is 0 Å². The molecular weight excluding hydrogens is 620 g/mol. The van der Waals surface area contributed by atoms with Crippen LogP contribution < -0.4 is 5.32 Å². The lowest BCUT2D eigenvalue weighted by Crippen LogP contribution is -2.47. The second kappa shape index (κ2) is 10.8. The van der Waals surface area contributed by atoms with Gasteiger partial charge < -0.3 is 20.4 Å². The number of hydrogen-bond acceptors (Lipinski definition) is 10. The minimum atomic E-state index is -1.24. The van der Waals surface area contributed by atoms with Crippen LogP contribution in [0, 0.1) is 12.3 Å². The van der Waals surface area contributed by atoms with Crippen molar-refractivity contribution in [1.29, 1.82) is 0 Å². The molecule has 4 aromatic heterocycles. The second-order valence-electron chi connectivity index (χ2n) is 11.3. The fourth-order valence-corrected chi connectivity index (χ4v) is 6.13. The molecule has 0 radical (unpaired) electrons. The minimum absolute atomic E-state index is 0.101. The fourth-order valence-electron chi connectivity index (χ4n) is 5.82. The minimum Gasteiger partial charge on any atom is -0.393 e. The molecule has 4 atom stereocenters. The number of hydrogen-bond donors (Lipinski definition) is 3. The van der Waals surface area contributed by atoms with E-state index in [4.69, 9.17) is 0 Å². The normalized spacial score (nSPS) is 21.5. The number of aryl methyl sites for hydroxylation is 1. The summed E-state index contributed by atoms with van der Waals surface area (Å²) in [4.78, 5) is 58.8. The zero-order valence-corrected chi connectivity index (χ0v) is 25.2. The number of piperidine rings is 1. The number of carbonyl (C=O) groups is 3. The van der Waals surface area contributed by atoms with Crippen molar-refractivity contribution in [2.75, 3.05) is 11.9 Å². The maximum absolute atomic E-state index is 13.8. The van der Waals surface area contributed by atoms with Gasteiger partial charge in [0.15, 0.2) is 5.78 Å². The van der Waals surface area contributed by atoms with Crippen LogP contribution in [0.25, 0.3) is 22.2 Å². The van der Waals surface area contributed by atoms with Crippen molar-refractivity contribution < 1.29 is 24.6 Å². The second-order valence-corrected chi connectivity index (χ2v) is 12.1. The first-order valence-electron chi connectivity index (χ1n) is 13.7. The molecule has 2 fully saturated rings. The number of fused-ring (bicyclic) bond motifs is 2. The van der Waals surface area contributed by atoms with Crippen molar-refractivity contribution in [2.45, 2.75) is 58.3 Å². The highest BCUT2D eigenvalue weighted by Gasteiger charge is 2.64. The highest BCUT2D eigenvalue weighted by atomic mass is 79.9. The number of aliphatic hydroxyl groups excluding tert-OH is 2. The molecule has 1 saturated heterocycles. The predicted octanol–water partition coefficient (Wildman–Crippen LogP) is 2.60. The van der Waals surface area contributed by atoms with Gasteiger partial charge >= 0.3 is 0 Å². The third-order valence-corrected chi connectivity index (χ3v) is 8.67. The van der Waals surface area contributed by atoms with E-state index < -0.39 is 24.7 Å². The van der Waals surface area contributed by atoms with Gasteiger partial charge in [0.05, 0.1) is 24.0 Å². The van der Waals surface area contributed by atoms with Crippen molar-refractivity contribution >= 4 is 50.2 Å². The number of pyridine rings is 2. The molecule has 43 heavy (non-hydrogen) atoms. The van der Waals surface area contributed by atoms with Crippen LogP contribution in [-0.4, -0.2) is 81.1 Å². The first-order chi connectivity index (χ1) is 20.5. The maximum Gasteiger partial charge on any atom is 0.248 e. The van der Waals surface area contributed by atoms with E-state index in [1.165, 1.54) is 11.6 Å². The van der Waals surface area contributed by atoms with E-state index >= 15 is 0 Å². The quantitative estimate of drug-likeness (QED) is 0.190. The summed E-state index contributed by atoms with van der Waals surface area (Å²) < 4.78 is 1.89. The van der Waals surface area contributed by atoms with E-state index in [9.17, 15) is 24.6 Å². The van der Waals surface area contributed by atoms with Crippen LogP contribution in [0.2, 0.25) is 0 Å².